The summed E-state index contributed by atoms with van der Waals surface area (Å²) in [6.07, 6.45) is 1.29. The van der Waals surface area contributed by atoms with Crippen LogP contribution in [0.1, 0.15) is 31.2 Å². The van der Waals surface area contributed by atoms with Gasteiger partial charge in [-0.05, 0) is 24.4 Å². The van der Waals surface area contributed by atoms with Crippen LogP contribution in [0.3, 0.4) is 0 Å². The largest absolute Gasteiger partial charge is 0.309 e. The van der Waals surface area contributed by atoms with E-state index in [1.165, 1.54) is 22.8 Å². The van der Waals surface area contributed by atoms with Crippen molar-refractivity contribution in [1.82, 2.24) is 5.32 Å². The number of thiophene rings is 1. The van der Waals surface area contributed by atoms with E-state index in [9.17, 15) is 0 Å². The van der Waals surface area contributed by atoms with Gasteiger partial charge >= 0.3 is 0 Å². The topological polar surface area (TPSA) is 12.0 Å². The fourth-order valence-corrected chi connectivity index (χ4v) is 6.49. The highest BCUT2D eigenvalue weighted by atomic mass is 32.2. The number of hydrogen-bond donors (Lipinski definition) is 1. The maximum atomic E-state index is 3.70. The van der Waals surface area contributed by atoms with Crippen LogP contribution < -0.4 is 5.32 Å². The molecule has 2 rings (SSSR count). The Labute approximate surface area is 117 Å². The highest BCUT2D eigenvalue weighted by Gasteiger charge is 2.32. The zero-order valence-electron chi connectivity index (χ0n) is 10.5. The Morgan fingerprint density at radius 1 is 1.35 bits per heavy atom. The average Bonchev–Trinajstić information content (AvgIpc) is 2.89. The number of hydrogen-bond acceptors (Lipinski definition) is 4. The quantitative estimate of drug-likeness (QED) is 0.878. The van der Waals surface area contributed by atoms with Gasteiger partial charge < -0.3 is 5.32 Å². The van der Waals surface area contributed by atoms with E-state index in [0.29, 0.717) is 6.04 Å². The normalized spacial score (nSPS) is 26.9. The molecule has 0 aromatic carbocycles. The third kappa shape index (κ3) is 3.43. The van der Waals surface area contributed by atoms with Gasteiger partial charge in [-0.1, -0.05) is 19.9 Å². The van der Waals surface area contributed by atoms with Crippen molar-refractivity contribution in [2.24, 2.45) is 0 Å². The number of rotatable bonds is 5. The molecule has 0 radical (unpaired) electrons. The van der Waals surface area contributed by atoms with Crippen LogP contribution in [0.4, 0.5) is 0 Å². The first-order valence-electron chi connectivity index (χ1n) is 6.36. The Bertz CT molecular complexity index is 312. The highest BCUT2D eigenvalue weighted by molar-refractivity contribution is 8.07. The molecule has 1 nitrogen and oxygen atoms in total. The van der Waals surface area contributed by atoms with Crippen LogP contribution in [0, 0.1) is 0 Å². The summed E-state index contributed by atoms with van der Waals surface area (Å²) in [7, 11) is 0. The van der Waals surface area contributed by atoms with Crippen LogP contribution in [0.5, 0.6) is 0 Å². The number of nitrogens with one attached hydrogen (secondary N) is 1. The summed E-state index contributed by atoms with van der Waals surface area (Å²) in [5, 5.41) is 7.43. The van der Waals surface area contributed by atoms with Gasteiger partial charge in [0.15, 0.2) is 0 Å². The van der Waals surface area contributed by atoms with Crippen molar-refractivity contribution in [1.29, 1.82) is 0 Å². The maximum Gasteiger partial charge on any atom is 0.0546 e. The molecule has 1 saturated heterocycles. The molecular formula is C13H21NS3. The van der Waals surface area contributed by atoms with Crippen LogP contribution in [0.25, 0.3) is 0 Å². The molecule has 0 aliphatic carbocycles. The Morgan fingerprint density at radius 3 is 2.82 bits per heavy atom. The standard InChI is InChI=1S/C13H21NS3/c1-3-10-13(17-9-8-16-10)12(14-4-2)11-6-5-7-15-11/h5-7,10,12-14H,3-4,8-9H2,1-2H3. The predicted molar refractivity (Wildman–Crippen MR) is 83.5 cm³/mol. The minimum absolute atomic E-state index is 0.544. The van der Waals surface area contributed by atoms with Crippen LogP contribution in [-0.2, 0) is 0 Å². The van der Waals surface area contributed by atoms with Gasteiger partial charge in [-0.3, -0.25) is 0 Å². The van der Waals surface area contributed by atoms with E-state index in [2.05, 4.69) is 60.2 Å². The third-order valence-corrected chi connectivity index (χ3v) is 7.40. The minimum atomic E-state index is 0.544. The second kappa shape index (κ2) is 7.07. The molecule has 1 fully saturated rings. The van der Waals surface area contributed by atoms with E-state index < -0.39 is 0 Å². The van der Waals surface area contributed by atoms with Crippen LogP contribution in [0.2, 0.25) is 0 Å². The van der Waals surface area contributed by atoms with Crippen molar-refractivity contribution in [3.63, 3.8) is 0 Å². The molecule has 1 N–H and O–H groups in total. The predicted octanol–water partition coefficient (Wildman–Crippen LogP) is 4.03. The Balaban J connectivity index is 2.13. The summed E-state index contributed by atoms with van der Waals surface area (Å²) >= 11 is 6.22. The van der Waals surface area contributed by atoms with Crippen LogP contribution >= 0.6 is 34.9 Å². The molecule has 96 valence electrons. The molecule has 4 heteroatoms. The van der Waals surface area contributed by atoms with Crippen molar-refractivity contribution in [3.05, 3.63) is 22.4 Å². The van der Waals surface area contributed by atoms with E-state index in [1.54, 1.807) is 0 Å². The van der Waals surface area contributed by atoms with Gasteiger partial charge in [0.2, 0.25) is 0 Å². The maximum absolute atomic E-state index is 3.70. The molecule has 0 saturated carbocycles. The van der Waals surface area contributed by atoms with Gasteiger partial charge in [0, 0.05) is 26.9 Å². The lowest BCUT2D eigenvalue weighted by molar-refractivity contribution is 0.520. The number of thioether (sulfide) groups is 2. The van der Waals surface area contributed by atoms with E-state index >= 15 is 0 Å². The molecule has 0 spiro atoms. The van der Waals surface area contributed by atoms with Crippen LogP contribution in [0.15, 0.2) is 17.5 Å². The summed E-state index contributed by atoms with van der Waals surface area (Å²) in [4.78, 5) is 1.50. The third-order valence-electron chi connectivity index (χ3n) is 3.10. The summed E-state index contributed by atoms with van der Waals surface area (Å²) in [6.45, 7) is 5.59. The molecule has 1 aromatic rings. The molecule has 3 atom stereocenters. The van der Waals surface area contributed by atoms with E-state index in [1.807, 2.05) is 11.3 Å². The lowest BCUT2D eigenvalue weighted by Crippen LogP contribution is -2.38. The van der Waals surface area contributed by atoms with Crippen LogP contribution in [-0.4, -0.2) is 28.6 Å². The highest BCUT2D eigenvalue weighted by Crippen LogP contribution is 2.41. The van der Waals surface area contributed by atoms with Crippen molar-refractivity contribution in [3.8, 4) is 0 Å². The van der Waals surface area contributed by atoms with Gasteiger partial charge in [0.1, 0.15) is 0 Å². The average molecular weight is 288 g/mol. The second-order valence-electron chi connectivity index (χ2n) is 4.20. The minimum Gasteiger partial charge on any atom is -0.309 e. The molecular weight excluding hydrogens is 266 g/mol. The first kappa shape index (κ1) is 13.8. The fourth-order valence-electron chi connectivity index (χ4n) is 2.31. The zero-order valence-corrected chi connectivity index (χ0v) is 13.0. The van der Waals surface area contributed by atoms with Gasteiger partial charge in [-0.25, -0.2) is 0 Å². The molecule has 1 aromatic heterocycles. The summed E-state index contributed by atoms with van der Waals surface area (Å²) in [5.74, 6) is 2.63. The lowest BCUT2D eigenvalue weighted by Gasteiger charge is -2.36. The molecule has 3 unspecified atom stereocenters. The van der Waals surface area contributed by atoms with E-state index in [0.717, 1.165) is 17.0 Å². The molecule has 1 aliphatic rings. The van der Waals surface area contributed by atoms with Gasteiger partial charge in [0.25, 0.3) is 0 Å². The second-order valence-corrected chi connectivity index (χ2v) is 7.82. The first-order valence-corrected chi connectivity index (χ1v) is 9.34. The monoisotopic (exact) mass is 287 g/mol. The molecule has 1 aliphatic heterocycles. The van der Waals surface area contributed by atoms with Crippen molar-refractivity contribution in [2.75, 3.05) is 18.1 Å². The molecule has 0 bridgehead atoms. The van der Waals surface area contributed by atoms with Crippen molar-refractivity contribution in [2.45, 2.75) is 36.8 Å². The fraction of sp³-hybridized carbons (Fsp3) is 0.692. The van der Waals surface area contributed by atoms with Gasteiger partial charge in [0.05, 0.1) is 6.04 Å². The molecule has 0 amide bonds. The lowest BCUT2D eigenvalue weighted by atomic mass is 10.1. The van der Waals surface area contributed by atoms with Crippen molar-refractivity contribution >= 4 is 34.9 Å². The molecule has 17 heavy (non-hydrogen) atoms. The van der Waals surface area contributed by atoms with Gasteiger partial charge in [-0.2, -0.15) is 23.5 Å². The Kier molecular flexibility index (Phi) is 5.74. The Morgan fingerprint density at radius 2 is 2.18 bits per heavy atom. The summed E-state index contributed by atoms with van der Waals surface area (Å²) in [6, 6.07) is 5.00. The Hall–Kier alpha value is 0.360. The summed E-state index contributed by atoms with van der Waals surface area (Å²) < 4.78 is 0. The van der Waals surface area contributed by atoms with Crippen molar-refractivity contribution < 1.29 is 0 Å². The summed E-state index contributed by atoms with van der Waals surface area (Å²) in [5.41, 5.74) is 0. The first-order chi connectivity index (χ1) is 8.36. The molecule has 2 heterocycles. The van der Waals surface area contributed by atoms with E-state index in [-0.39, 0.29) is 0 Å². The van der Waals surface area contributed by atoms with E-state index in [4.69, 9.17) is 0 Å². The zero-order chi connectivity index (χ0) is 12.1. The smallest absolute Gasteiger partial charge is 0.0546 e. The SMILES string of the molecule is CCNC(c1cccs1)C1SCCSC1CC. The van der Waals surface area contributed by atoms with Gasteiger partial charge in [-0.15, -0.1) is 11.3 Å².